The Bertz CT molecular complexity index is 1040. The van der Waals surface area contributed by atoms with Crippen LogP contribution in [0.5, 0.6) is 5.88 Å². The van der Waals surface area contributed by atoms with Crippen LogP contribution in [-0.4, -0.2) is 36.6 Å². The summed E-state index contributed by atoms with van der Waals surface area (Å²) in [4.78, 5) is 20.5. The van der Waals surface area contributed by atoms with E-state index in [1.54, 1.807) is 7.11 Å². The maximum Gasteiger partial charge on any atom is 0.251 e. The number of hydrogen-bond donors (Lipinski definition) is 2. The highest BCUT2D eigenvalue weighted by atomic mass is 16.5. The van der Waals surface area contributed by atoms with Gasteiger partial charge in [0.05, 0.1) is 7.11 Å². The Morgan fingerprint density at radius 2 is 1.97 bits per heavy atom. The first-order chi connectivity index (χ1) is 16.5. The number of nitrogens with one attached hydrogen (secondary N) is 1. The zero-order valence-corrected chi connectivity index (χ0v) is 20.8. The molecule has 2 aromatic rings. The zero-order valence-electron chi connectivity index (χ0n) is 20.8. The number of fused-ring (bicyclic) bond motifs is 2. The number of carbonyl (C=O) groups excluding carboxylic acids is 1. The first kappa shape index (κ1) is 24.3. The summed E-state index contributed by atoms with van der Waals surface area (Å²) in [6.07, 6.45) is 11.3. The maximum absolute atomic E-state index is 13.4. The van der Waals surface area contributed by atoms with Crippen LogP contribution in [0.1, 0.15) is 71.8 Å². The topological polar surface area (TPSA) is 80.5 Å². The van der Waals surface area contributed by atoms with Gasteiger partial charge in [-0.1, -0.05) is 18.2 Å². The molecule has 1 aliphatic heterocycles. The number of methoxy groups -OCH3 is 1. The number of anilines is 1. The molecule has 1 amide bonds. The molecule has 1 aromatic carbocycles. The standard InChI is InChI=1S/C28H38N4O2/c1-4-32(22-15-13-21(29)14-16-22)26-12-8-11-24-23(26)10-7-5-6-9-20-17-19(2)31-28(34-3)25(20)18-30-27(24)33/h5,7-8,11-12,17,21-22H,4,6,9-10,13-16,18,29H2,1-3H3,(H,30,33)/b7-5+. The maximum atomic E-state index is 13.4. The van der Waals surface area contributed by atoms with Crippen LogP contribution in [0, 0.1) is 6.92 Å². The fraction of sp³-hybridized carbons (Fsp3) is 0.500. The minimum absolute atomic E-state index is 0.0545. The molecule has 0 unspecified atom stereocenters. The van der Waals surface area contributed by atoms with Crippen LogP contribution in [0.25, 0.3) is 0 Å². The van der Waals surface area contributed by atoms with Crippen LogP contribution in [0.2, 0.25) is 0 Å². The Kier molecular flexibility index (Phi) is 7.88. The molecule has 2 aliphatic rings. The molecule has 0 radical (unpaired) electrons. The van der Waals surface area contributed by atoms with Gasteiger partial charge in [-0.2, -0.15) is 0 Å². The molecular weight excluding hydrogens is 424 g/mol. The smallest absolute Gasteiger partial charge is 0.251 e. The average molecular weight is 463 g/mol. The number of aromatic nitrogens is 1. The quantitative estimate of drug-likeness (QED) is 0.656. The summed E-state index contributed by atoms with van der Waals surface area (Å²) < 4.78 is 5.57. The highest BCUT2D eigenvalue weighted by molar-refractivity contribution is 5.97. The summed E-state index contributed by atoms with van der Waals surface area (Å²) in [5, 5.41) is 3.16. The van der Waals surface area contributed by atoms with Gasteiger partial charge in [0.1, 0.15) is 0 Å². The summed E-state index contributed by atoms with van der Waals surface area (Å²) in [5.74, 6) is 0.541. The Hall–Kier alpha value is -2.86. The van der Waals surface area contributed by atoms with Crippen LogP contribution >= 0.6 is 0 Å². The highest BCUT2D eigenvalue weighted by Crippen LogP contribution is 2.32. The number of pyridine rings is 1. The number of hydrogen-bond acceptors (Lipinski definition) is 5. The number of aryl methyl sites for hydroxylation is 2. The molecule has 1 aliphatic carbocycles. The number of amides is 1. The lowest BCUT2D eigenvalue weighted by molar-refractivity contribution is 0.0949. The number of ether oxygens (including phenoxy) is 1. The van der Waals surface area contributed by atoms with Crippen molar-refractivity contribution in [2.24, 2.45) is 5.73 Å². The fourth-order valence-corrected chi connectivity index (χ4v) is 5.45. The molecule has 34 heavy (non-hydrogen) atoms. The van der Waals surface area contributed by atoms with E-state index in [0.29, 0.717) is 24.5 Å². The first-order valence-corrected chi connectivity index (χ1v) is 12.6. The molecule has 0 spiro atoms. The molecule has 0 atom stereocenters. The second-order valence-electron chi connectivity index (χ2n) is 9.47. The third-order valence-electron chi connectivity index (χ3n) is 7.22. The van der Waals surface area contributed by atoms with Crippen molar-refractivity contribution in [3.8, 4) is 5.88 Å². The molecule has 2 heterocycles. The molecular formula is C28H38N4O2. The lowest BCUT2D eigenvalue weighted by Crippen LogP contribution is -2.41. The monoisotopic (exact) mass is 462 g/mol. The molecule has 6 heteroatoms. The molecule has 0 saturated heterocycles. The Balaban J connectivity index is 1.68. The predicted molar refractivity (Wildman–Crippen MR) is 138 cm³/mol. The van der Waals surface area contributed by atoms with E-state index in [2.05, 4.69) is 46.4 Å². The van der Waals surface area contributed by atoms with Crippen molar-refractivity contribution in [2.45, 2.75) is 77.4 Å². The van der Waals surface area contributed by atoms with E-state index in [0.717, 1.165) is 73.9 Å². The lowest BCUT2D eigenvalue weighted by Gasteiger charge is -2.38. The number of allylic oxidation sites excluding steroid dienone is 2. The number of carbonyl (C=O) groups is 1. The van der Waals surface area contributed by atoms with Crippen LogP contribution in [-0.2, 0) is 19.4 Å². The van der Waals surface area contributed by atoms with Crippen molar-refractivity contribution in [3.63, 3.8) is 0 Å². The molecule has 1 fully saturated rings. The molecule has 1 aromatic heterocycles. The van der Waals surface area contributed by atoms with E-state index in [9.17, 15) is 4.79 Å². The van der Waals surface area contributed by atoms with E-state index >= 15 is 0 Å². The summed E-state index contributed by atoms with van der Waals surface area (Å²) in [6, 6.07) is 9.03. The zero-order chi connectivity index (χ0) is 24.1. The van der Waals surface area contributed by atoms with E-state index in [1.807, 2.05) is 19.1 Å². The minimum atomic E-state index is -0.0545. The molecule has 0 bridgehead atoms. The van der Waals surface area contributed by atoms with Crippen LogP contribution in [0.3, 0.4) is 0 Å². The van der Waals surface area contributed by atoms with Crippen molar-refractivity contribution < 1.29 is 9.53 Å². The van der Waals surface area contributed by atoms with Gasteiger partial charge in [0.2, 0.25) is 5.88 Å². The van der Waals surface area contributed by atoms with E-state index in [1.165, 1.54) is 11.3 Å². The second-order valence-corrected chi connectivity index (χ2v) is 9.47. The van der Waals surface area contributed by atoms with Crippen molar-refractivity contribution in [1.29, 1.82) is 0 Å². The highest BCUT2D eigenvalue weighted by Gasteiger charge is 2.26. The molecule has 4 rings (SSSR count). The average Bonchev–Trinajstić information content (AvgIpc) is 2.84. The molecule has 3 N–H and O–H groups in total. The number of nitrogens with two attached hydrogens (primary N) is 1. The van der Waals surface area contributed by atoms with E-state index in [4.69, 9.17) is 10.5 Å². The van der Waals surface area contributed by atoms with E-state index in [-0.39, 0.29) is 5.91 Å². The Labute approximate surface area is 203 Å². The number of rotatable bonds is 4. The van der Waals surface area contributed by atoms with Crippen molar-refractivity contribution in [1.82, 2.24) is 10.3 Å². The van der Waals surface area contributed by atoms with Crippen LogP contribution in [0.15, 0.2) is 36.4 Å². The number of nitrogens with zero attached hydrogens (tertiary/aromatic N) is 2. The van der Waals surface area contributed by atoms with Gasteiger partial charge in [0.25, 0.3) is 5.91 Å². The first-order valence-electron chi connectivity index (χ1n) is 12.6. The van der Waals surface area contributed by atoms with Gasteiger partial charge >= 0.3 is 0 Å². The largest absolute Gasteiger partial charge is 0.481 e. The second kappa shape index (κ2) is 11.0. The minimum Gasteiger partial charge on any atom is -0.481 e. The van der Waals surface area contributed by atoms with Gasteiger partial charge in [-0.25, -0.2) is 4.98 Å². The molecule has 6 nitrogen and oxygen atoms in total. The van der Waals surface area contributed by atoms with Crippen LogP contribution < -0.4 is 20.7 Å². The normalized spacial score (nSPS) is 21.8. The lowest BCUT2D eigenvalue weighted by atomic mass is 9.89. The third kappa shape index (κ3) is 5.27. The molecule has 1 saturated carbocycles. The van der Waals surface area contributed by atoms with Gasteiger partial charge in [0, 0.05) is 47.7 Å². The van der Waals surface area contributed by atoms with Gasteiger partial charge < -0.3 is 20.7 Å². The van der Waals surface area contributed by atoms with Gasteiger partial charge in [-0.15, -0.1) is 0 Å². The fourth-order valence-electron chi connectivity index (χ4n) is 5.45. The van der Waals surface area contributed by atoms with E-state index < -0.39 is 0 Å². The summed E-state index contributed by atoms with van der Waals surface area (Å²) >= 11 is 0. The Morgan fingerprint density at radius 1 is 1.18 bits per heavy atom. The molecule has 182 valence electrons. The van der Waals surface area contributed by atoms with Gasteiger partial charge in [-0.05, 0) is 88.1 Å². The summed E-state index contributed by atoms with van der Waals surface area (Å²) in [7, 11) is 1.64. The predicted octanol–water partition coefficient (Wildman–Crippen LogP) is 4.47. The third-order valence-corrected chi connectivity index (χ3v) is 7.22. The SMILES string of the molecule is CCN(c1cccc2c1C/C=C/CCc1cc(C)nc(OC)c1CNC2=O)C1CCC(N)CC1. The van der Waals surface area contributed by atoms with Crippen molar-refractivity contribution >= 4 is 11.6 Å². The van der Waals surface area contributed by atoms with Crippen LogP contribution in [0.4, 0.5) is 5.69 Å². The number of benzene rings is 1. The van der Waals surface area contributed by atoms with Gasteiger partial charge in [0.15, 0.2) is 0 Å². The van der Waals surface area contributed by atoms with Crippen molar-refractivity contribution in [2.75, 3.05) is 18.6 Å². The summed E-state index contributed by atoms with van der Waals surface area (Å²) in [5.41, 5.74) is 12.3. The summed E-state index contributed by atoms with van der Waals surface area (Å²) in [6.45, 7) is 5.50. The Morgan fingerprint density at radius 3 is 2.71 bits per heavy atom. The van der Waals surface area contributed by atoms with Crippen molar-refractivity contribution in [3.05, 3.63) is 64.4 Å². The van der Waals surface area contributed by atoms with Gasteiger partial charge in [-0.3, -0.25) is 4.79 Å².